The van der Waals surface area contributed by atoms with Crippen molar-refractivity contribution in [1.29, 1.82) is 0 Å². The number of thiocarbonyl (C=S) groups is 1. The molecule has 0 aliphatic heterocycles. The first-order valence-corrected chi connectivity index (χ1v) is 10.6. The van der Waals surface area contributed by atoms with Crippen molar-refractivity contribution in [2.75, 3.05) is 10.6 Å². The first kappa shape index (κ1) is 20.0. The first-order chi connectivity index (χ1) is 15.5. The molecular weight excluding hydrogens is 420 g/mol. The van der Waals surface area contributed by atoms with Gasteiger partial charge in [-0.1, -0.05) is 42.5 Å². The van der Waals surface area contributed by atoms with Crippen molar-refractivity contribution < 1.29 is 4.42 Å². The van der Waals surface area contributed by atoms with E-state index in [1.807, 2.05) is 48.1 Å². The molecule has 0 bridgehead atoms. The summed E-state index contributed by atoms with van der Waals surface area (Å²) in [6, 6.07) is 23.5. The average Bonchev–Trinajstić information content (AvgIpc) is 3.20. The van der Waals surface area contributed by atoms with Crippen molar-refractivity contribution in [3.05, 3.63) is 101 Å². The number of hydrogen-bond donors (Lipinski definition) is 2. The Morgan fingerprint density at radius 3 is 2.75 bits per heavy atom. The van der Waals surface area contributed by atoms with Crippen LogP contribution in [-0.2, 0) is 6.54 Å². The van der Waals surface area contributed by atoms with Gasteiger partial charge in [0.2, 0.25) is 0 Å². The largest absolute Gasteiger partial charge is 0.423 e. The van der Waals surface area contributed by atoms with Gasteiger partial charge < -0.3 is 15.1 Å². The van der Waals surface area contributed by atoms with Gasteiger partial charge >= 0.3 is 5.63 Å². The van der Waals surface area contributed by atoms with Crippen molar-refractivity contribution in [3.8, 4) is 0 Å². The zero-order chi connectivity index (χ0) is 22.1. The second kappa shape index (κ2) is 8.28. The molecule has 0 spiro atoms. The minimum atomic E-state index is -0.371. The summed E-state index contributed by atoms with van der Waals surface area (Å²) in [4.78, 5) is 11.6. The van der Waals surface area contributed by atoms with E-state index < -0.39 is 0 Å². The molecule has 6 nitrogen and oxygen atoms in total. The molecule has 0 saturated heterocycles. The third kappa shape index (κ3) is 4.10. The van der Waals surface area contributed by atoms with Crippen LogP contribution in [0.25, 0.3) is 21.7 Å². The van der Waals surface area contributed by atoms with E-state index in [0.29, 0.717) is 23.1 Å². The summed E-state index contributed by atoms with van der Waals surface area (Å²) in [7, 11) is 0. The molecule has 5 aromatic rings. The predicted octanol–water partition coefficient (Wildman–Crippen LogP) is 5.31. The topological polar surface area (TPSA) is 72.1 Å². The zero-order valence-electron chi connectivity index (χ0n) is 17.3. The number of aromatic nitrogens is 2. The maximum atomic E-state index is 11.6. The first-order valence-electron chi connectivity index (χ1n) is 10.2. The molecule has 0 amide bonds. The van der Waals surface area contributed by atoms with E-state index in [9.17, 15) is 4.79 Å². The normalized spacial score (nSPS) is 11.0. The van der Waals surface area contributed by atoms with Gasteiger partial charge in [-0.2, -0.15) is 5.10 Å². The summed E-state index contributed by atoms with van der Waals surface area (Å²) in [5.74, 6) is 0.644. The molecule has 32 heavy (non-hydrogen) atoms. The number of fused-ring (bicyclic) bond motifs is 2. The highest BCUT2D eigenvalue weighted by Gasteiger charge is 2.07. The highest BCUT2D eigenvalue weighted by molar-refractivity contribution is 7.80. The number of nitrogens with zero attached hydrogens (tertiary/aromatic N) is 2. The summed E-state index contributed by atoms with van der Waals surface area (Å²) >= 11 is 5.43. The lowest BCUT2D eigenvalue weighted by Gasteiger charge is -2.10. The van der Waals surface area contributed by atoms with E-state index in [1.165, 1.54) is 22.4 Å². The molecule has 0 saturated carbocycles. The van der Waals surface area contributed by atoms with Crippen LogP contribution in [0.4, 0.5) is 11.5 Å². The number of hydrogen-bond acceptors (Lipinski definition) is 4. The van der Waals surface area contributed by atoms with E-state index in [-0.39, 0.29) is 5.63 Å². The molecule has 5 rings (SSSR count). The summed E-state index contributed by atoms with van der Waals surface area (Å²) in [5.41, 5.74) is 2.94. The van der Waals surface area contributed by atoms with Crippen LogP contribution in [0.3, 0.4) is 0 Å². The van der Waals surface area contributed by atoms with Gasteiger partial charge in [-0.05, 0) is 53.2 Å². The minimum absolute atomic E-state index is 0.371. The lowest BCUT2D eigenvalue weighted by molar-refractivity contribution is 0.560. The smallest absolute Gasteiger partial charge is 0.336 e. The molecule has 158 valence electrons. The Kier molecular flexibility index (Phi) is 5.17. The van der Waals surface area contributed by atoms with Crippen LogP contribution in [-0.4, -0.2) is 14.9 Å². The lowest BCUT2D eigenvalue weighted by atomic mass is 10.0. The summed E-state index contributed by atoms with van der Waals surface area (Å²) in [5, 5.41) is 14.5. The molecule has 2 N–H and O–H groups in total. The number of nitrogens with one attached hydrogen (secondary N) is 2. The van der Waals surface area contributed by atoms with Gasteiger partial charge in [0.05, 0.1) is 6.54 Å². The van der Waals surface area contributed by atoms with Crippen molar-refractivity contribution in [2.45, 2.75) is 13.5 Å². The van der Waals surface area contributed by atoms with E-state index in [2.05, 4.69) is 46.1 Å². The summed E-state index contributed by atoms with van der Waals surface area (Å²) in [6.45, 7) is 2.54. The van der Waals surface area contributed by atoms with Crippen LogP contribution in [0.2, 0.25) is 0 Å². The second-order valence-electron chi connectivity index (χ2n) is 7.58. The average molecular weight is 441 g/mol. The van der Waals surface area contributed by atoms with Crippen LogP contribution in [0.15, 0.2) is 88.2 Å². The van der Waals surface area contributed by atoms with Crippen LogP contribution >= 0.6 is 12.2 Å². The molecule has 2 heterocycles. The van der Waals surface area contributed by atoms with Crippen molar-refractivity contribution in [2.24, 2.45) is 0 Å². The standard InChI is InChI=1S/C25H20N4O2S/c1-16-13-24(30)31-22-14-19(9-10-20(16)22)26-25(32)27-23-11-12-29(28-23)15-18-7-4-6-17-5-2-3-8-21(17)18/h2-14H,15H2,1H3,(H2,26,27,28,32). The molecule has 0 aliphatic carbocycles. The molecule has 0 radical (unpaired) electrons. The minimum Gasteiger partial charge on any atom is -0.423 e. The third-order valence-corrected chi connectivity index (χ3v) is 5.51. The van der Waals surface area contributed by atoms with Gasteiger partial charge in [0.25, 0.3) is 0 Å². The number of benzene rings is 3. The maximum absolute atomic E-state index is 11.6. The van der Waals surface area contributed by atoms with E-state index in [1.54, 1.807) is 6.07 Å². The fourth-order valence-electron chi connectivity index (χ4n) is 3.80. The molecule has 0 unspecified atom stereocenters. The monoisotopic (exact) mass is 440 g/mol. The van der Waals surface area contributed by atoms with E-state index >= 15 is 0 Å². The second-order valence-corrected chi connectivity index (χ2v) is 7.98. The van der Waals surface area contributed by atoms with Gasteiger partial charge in [0.1, 0.15) is 5.58 Å². The van der Waals surface area contributed by atoms with E-state index in [4.69, 9.17) is 16.6 Å². The highest BCUT2D eigenvalue weighted by atomic mass is 32.1. The Labute approximate surface area is 189 Å². The van der Waals surface area contributed by atoms with Crippen LogP contribution < -0.4 is 16.3 Å². The molecule has 3 aromatic carbocycles. The molecule has 0 fully saturated rings. The van der Waals surface area contributed by atoms with Crippen LogP contribution in [0.1, 0.15) is 11.1 Å². The van der Waals surface area contributed by atoms with Crippen molar-refractivity contribution >= 4 is 50.6 Å². The lowest BCUT2D eigenvalue weighted by Crippen LogP contribution is -2.19. The number of aryl methyl sites for hydroxylation is 1. The maximum Gasteiger partial charge on any atom is 0.336 e. The quantitative estimate of drug-likeness (QED) is 0.292. The van der Waals surface area contributed by atoms with Gasteiger partial charge in [0.15, 0.2) is 10.9 Å². The summed E-state index contributed by atoms with van der Waals surface area (Å²) < 4.78 is 7.17. The van der Waals surface area contributed by atoms with Crippen molar-refractivity contribution in [1.82, 2.24) is 9.78 Å². The Morgan fingerprint density at radius 1 is 1.00 bits per heavy atom. The van der Waals surface area contributed by atoms with Crippen LogP contribution in [0, 0.1) is 6.92 Å². The van der Waals surface area contributed by atoms with Gasteiger partial charge in [-0.15, -0.1) is 0 Å². The Hall–Kier alpha value is -3.97. The molecular formula is C25H20N4O2S. The van der Waals surface area contributed by atoms with Gasteiger partial charge in [0, 0.05) is 35.5 Å². The number of rotatable bonds is 4. The highest BCUT2D eigenvalue weighted by Crippen LogP contribution is 2.22. The third-order valence-electron chi connectivity index (χ3n) is 5.30. The molecule has 0 aliphatic rings. The fourth-order valence-corrected chi connectivity index (χ4v) is 4.03. The Bertz CT molecular complexity index is 1510. The van der Waals surface area contributed by atoms with Crippen molar-refractivity contribution in [3.63, 3.8) is 0 Å². The predicted molar refractivity (Wildman–Crippen MR) is 132 cm³/mol. The zero-order valence-corrected chi connectivity index (χ0v) is 18.1. The Balaban J connectivity index is 1.29. The van der Waals surface area contributed by atoms with Crippen LogP contribution in [0.5, 0.6) is 0 Å². The number of anilines is 2. The SMILES string of the molecule is Cc1cc(=O)oc2cc(NC(=S)Nc3ccn(Cc4cccc5ccccc45)n3)ccc12. The fraction of sp³-hybridized carbons (Fsp3) is 0.0800. The molecule has 2 aromatic heterocycles. The molecule has 7 heteroatoms. The van der Waals surface area contributed by atoms with E-state index in [0.717, 1.165) is 16.6 Å². The van der Waals surface area contributed by atoms with Gasteiger partial charge in [-0.3, -0.25) is 4.68 Å². The summed E-state index contributed by atoms with van der Waals surface area (Å²) in [6.07, 6.45) is 1.92. The molecule has 0 atom stereocenters. The van der Waals surface area contributed by atoms with Gasteiger partial charge in [-0.25, -0.2) is 4.79 Å². The Morgan fingerprint density at radius 2 is 1.84 bits per heavy atom.